The van der Waals surface area contributed by atoms with Crippen LogP contribution in [0.4, 0.5) is 0 Å². The Hall–Kier alpha value is -0.300. The Morgan fingerprint density at radius 3 is 1.84 bits per heavy atom. The lowest BCUT2D eigenvalue weighted by Gasteiger charge is -2.17. The lowest BCUT2D eigenvalue weighted by molar-refractivity contribution is 0.733. The summed E-state index contributed by atoms with van der Waals surface area (Å²) in [7, 11) is 0. The van der Waals surface area contributed by atoms with Gasteiger partial charge in [0.05, 0.1) is 0 Å². The minimum atomic E-state index is 1.23. The lowest BCUT2D eigenvalue weighted by atomic mass is 9.91. The summed E-state index contributed by atoms with van der Waals surface area (Å²) in [6, 6.07) is 4.62. The van der Waals surface area contributed by atoms with Gasteiger partial charge in [-0.25, -0.2) is 0 Å². The number of aryl methyl sites for hydroxylation is 1. The average Bonchev–Trinajstić information content (AvgIpc) is 2.42. The van der Waals surface area contributed by atoms with E-state index in [1.54, 1.807) is 16.7 Å². The van der Waals surface area contributed by atoms with Crippen molar-refractivity contribution < 1.29 is 0 Å². The molecule has 1 aromatic rings. The molecular formula is C18H29Br. The van der Waals surface area contributed by atoms with Gasteiger partial charge in [0.1, 0.15) is 0 Å². The van der Waals surface area contributed by atoms with Crippen LogP contribution in [0, 0.1) is 0 Å². The summed E-state index contributed by atoms with van der Waals surface area (Å²) in [4.78, 5) is 0. The SMILES string of the molecule is CCCCc1ccc(Br)c(CCCC)c1CCCC. The molecule has 0 aliphatic carbocycles. The van der Waals surface area contributed by atoms with Crippen molar-refractivity contribution >= 4 is 15.9 Å². The van der Waals surface area contributed by atoms with Crippen LogP contribution in [0.2, 0.25) is 0 Å². The van der Waals surface area contributed by atoms with E-state index in [0.29, 0.717) is 0 Å². The van der Waals surface area contributed by atoms with Crippen molar-refractivity contribution in [3.05, 3.63) is 33.3 Å². The molecule has 0 aliphatic heterocycles. The number of unbranched alkanes of at least 4 members (excludes halogenated alkanes) is 3. The molecule has 19 heavy (non-hydrogen) atoms. The molecule has 0 saturated carbocycles. The van der Waals surface area contributed by atoms with Crippen LogP contribution in [0.25, 0.3) is 0 Å². The molecule has 0 saturated heterocycles. The van der Waals surface area contributed by atoms with Crippen molar-refractivity contribution in [2.45, 2.75) is 78.6 Å². The summed E-state index contributed by atoms with van der Waals surface area (Å²) >= 11 is 3.77. The van der Waals surface area contributed by atoms with Crippen LogP contribution >= 0.6 is 15.9 Å². The highest BCUT2D eigenvalue weighted by atomic mass is 79.9. The molecule has 1 rings (SSSR count). The summed E-state index contributed by atoms with van der Waals surface area (Å²) in [5, 5.41) is 0. The van der Waals surface area contributed by atoms with Crippen LogP contribution < -0.4 is 0 Å². The van der Waals surface area contributed by atoms with Gasteiger partial charge in [-0.05, 0) is 61.3 Å². The molecule has 0 nitrogen and oxygen atoms in total. The first-order valence-electron chi connectivity index (χ1n) is 8.03. The number of halogens is 1. The zero-order chi connectivity index (χ0) is 14.1. The van der Waals surface area contributed by atoms with E-state index >= 15 is 0 Å². The van der Waals surface area contributed by atoms with Crippen LogP contribution in [-0.4, -0.2) is 0 Å². The summed E-state index contributed by atoms with van der Waals surface area (Å²) in [6.07, 6.45) is 11.5. The van der Waals surface area contributed by atoms with Gasteiger partial charge in [0.15, 0.2) is 0 Å². The molecule has 1 aromatic carbocycles. The Labute approximate surface area is 128 Å². The minimum absolute atomic E-state index is 1.23. The fourth-order valence-corrected chi connectivity index (χ4v) is 3.17. The standard InChI is InChI=1S/C18H29Br/c1-4-7-10-15-13-14-18(19)17(12-9-6-3)16(15)11-8-5-2/h13-14H,4-12H2,1-3H3. The maximum absolute atomic E-state index is 3.77. The molecule has 0 spiro atoms. The van der Waals surface area contributed by atoms with E-state index in [1.165, 1.54) is 62.3 Å². The normalized spacial score (nSPS) is 10.9. The number of hydrogen-bond acceptors (Lipinski definition) is 0. The number of hydrogen-bond donors (Lipinski definition) is 0. The molecule has 0 amide bonds. The van der Waals surface area contributed by atoms with Crippen molar-refractivity contribution in [2.75, 3.05) is 0 Å². The van der Waals surface area contributed by atoms with Crippen molar-refractivity contribution in [3.63, 3.8) is 0 Å². The third kappa shape index (κ3) is 5.30. The molecule has 0 radical (unpaired) electrons. The van der Waals surface area contributed by atoms with E-state index in [9.17, 15) is 0 Å². The van der Waals surface area contributed by atoms with Crippen LogP contribution in [0.1, 0.15) is 76.0 Å². The Morgan fingerprint density at radius 2 is 1.26 bits per heavy atom. The molecule has 1 heteroatoms. The molecule has 0 unspecified atom stereocenters. The Morgan fingerprint density at radius 1 is 0.737 bits per heavy atom. The van der Waals surface area contributed by atoms with Gasteiger partial charge in [0, 0.05) is 4.47 Å². The second-order valence-electron chi connectivity index (χ2n) is 5.47. The van der Waals surface area contributed by atoms with Gasteiger partial charge < -0.3 is 0 Å². The van der Waals surface area contributed by atoms with Gasteiger partial charge >= 0.3 is 0 Å². The van der Waals surface area contributed by atoms with E-state index < -0.39 is 0 Å². The van der Waals surface area contributed by atoms with Crippen LogP contribution in [0.15, 0.2) is 16.6 Å². The fraction of sp³-hybridized carbons (Fsp3) is 0.667. The summed E-state index contributed by atoms with van der Waals surface area (Å²) < 4.78 is 1.33. The maximum atomic E-state index is 3.77. The molecule has 0 N–H and O–H groups in total. The Kier molecular flexibility index (Phi) is 8.45. The third-order valence-corrected chi connectivity index (χ3v) is 4.57. The highest BCUT2D eigenvalue weighted by Gasteiger charge is 2.11. The number of benzene rings is 1. The molecule has 0 aromatic heterocycles. The second kappa shape index (κ2) is 9.58. The van der Waals surface area contributed by atoms with E-state index in [0.717, 1.165) is 0 Å². The van der Waals surface area contributed by atoms with Gasteiger partial charge in [-0.3, -0.25) is 0 Å². The first-order chi connectivity index (χ1) is 9.24. The van der Waals surface area contributed by atoms with E-state index in [-0.39, 0.29) is 0 Å². The zero-order valence-electron chi connectivity index (χ0n) is 12.9. The Bertz CT molecular complexity index is 368. The van der Waals surface area contributed by atoms with Crippen molar-refractivity contribution in [3.8, 4) is 0 Å². The van der Waals surface area contributed by atoms with Gasteiger partial charge in [-0.1, -0.05) is 62.0 Å². The van der Waals surface area contributed by atoms with Crippen LogP contribution in [0.5, 0.6) is 0 Å². The van der Waals surface area contributed by atoms with Crippen molar-refractivity contribution in [2.24, 2.45) is 0 Å². The molecule has 0 bridgehead atoms. The van der Waals surface area contributed by atoms with Gasteiger partial charge in [-0.15, -0.1) is 0 Å². The van der Waals surface area contributed by atoms with E-state index in [2.05, 4.69) is 48.8 Å². The van der Waals surface area contributed by atoms with Crippen molar-refractivity contribution in [1.82, 2.24) is 0 Å². The smallest absolute Gasteiger partial charge is 0.0210 e. The molecule has 0 heterocycles. The van der Waals surface area contributed by atoms with Crippen molar-refractivity contribution in [1.29, 1.82) is 0 Å². The zero-order valence-corrected chi connectivity index (χ0v) is 14.5. The van der Waals surface area contributed by atoms with Crippen LogP contribution in [0.3, 0.4) is 0 Å². The monoisotopic (exact) mass is 324 g/mol. The molecule has 108 valence electrons. The predicted molar refractivity (Wildman–Crippen MR) is 90.0 cm³/mol. The summed E-state index contributed by atoms with van der Waals surface area (Å²) in [5.74, 6) is 0. The third-order valence-electron chi connectivity index (χ3n) is 3.83. The predicted octanol–water partition coefficient (Wildman–Crippen LogP) is 6.48. The minimum Gasteiger partial charge on any atom is -0.0654 e. The van der Waals surface area contributed by atoms with Gasteiger partial charge in [-0.2, -0.15) is 0 Å². The number of rotatable bonds is 9. The summed E-state index contributed by atoms with van der Waals surface area (Å²) in [6.45, 7) is 6.85. The first-order valence-corrected chi connectivity index (χ1v) is 8.82. The first kappa shape index (κ1) is 16.8. The fourth-order valence-electron chi connectivity index (χ4n) is 2.60. The highest BCUT2D eigenvalue weighted by Crippen LogP contribution is 2.28. The second-order valence-corrected chi connectivity index (χ2v) is 6.33. The molecule has 0 atom stereocenters. The molecule has 0 fully saturated rings. The maximum Gasteiger partial charge on any atom is 0.0210 e. The van der Waals surface area contributed by atoms with E-state index in [1.807, 2.05) is 0 Å². The van der Waals surface area contributed by atoms with Gasteiger partial charge in [0.2, 0.25) is 0 Å². The van der Waals surface area contributed by atoms with E-state index in [4.69, 9.17) is 0 Å². The molecule has 0 aliphatic rings. The highest BCUT2D eigenvalue weighted by molar-refractivity contribution is 9.10. The largest absolute Gasteiger partial charge is 0.0654 e. The topological polar surface area (TPSA) is 0 Å². The van der Waals surface area contributed by atoms with Gasteiger partial charge in [0.25, 0.3) is 0 Å². The quantitative estimate of drug-likeness (QED) is 0.487. The molecular weight excluding hydrogens is 296 g/mol. The Balaban J connectivity index is 3.00. The summed E-state index contributed by atoms with van der Waals surface area (Å²) in [5.41, 5.74) is 4.84. The average molecular weight is 325 g/mol. The lowest BCUT2D eigenvalue weighted by Crippen LogP contribution is -2.02. The van der Waals surface area contributed by atoms with Crippen LogP contribution in [-0.2, 0) is 19.3 Å².